The first kappa shape index (κ1) is 15.0. The lowest BCUT2D eigenvalue weighted by atomic mass is 9.93. The van der Waals surface area contributed by atoms with Gasteiger partial charge >= 0.3 is 6.18 Å². The van der Waals surface area contributed by atoms with E-state index in [4.69, 9.17) is 5.73 Å². The first-order chi connectivity index (χ1) is 11.4. The second kappa shape index (κ2) is 4.97. The van der Waals surface area contributed by atoms with E-state index in [0.717, 1.165) is 22.0 Å². The average Bonchev–Trinajstić information content (AvgIpc) is 3.36. The fraction of sp³-hybridized carbons (Fsp3) is 0.211. The number of anilines is 1. The van der Waals surface area contributed by atoms with Crippen molar-refractivity contribution in [3.63, 3.8) is 0 Å². The number of rotatable bonds is 2. The molecule has 0 atom stereocenters. The molecular formula is C19H15F3N2. The number of nitrogen functional groups attached to an aromatic ring is 1. The van der Waals surface area contributed by atoms with Crippen LogP contribution in [0.25, 0.3) is 22.0 Å². The quantitative estimate of drug-likeness (QED) is 0.712. The number of aromatic nitrogens is 1. The zero-order chi connectivity index (χ0) is 16.9. The number of benzene rings is 2. The maximum absolute atomic E-state index is 13.2. The van der Waals surface area contributed by atoms with Crippen LogP contribution in [0.1, 0.15) is 18.4 Å². The molecule has 5 heteroatoms. The van der Waals surface area contributed by atoms with Gasteiger partial charge in [0.15, 0.2) is 0 Å². The van der Waals surface area contributed by atoms with E-state index in [2.05, 4.69) is 4.98 Å². The molecule has 3 aromatic rings. The summed E-state index contributed by atoms with van der Waals surface area (Å²) in [6.07, 6.45) is -3.87. The molecule has 0 saturated heterocycles. The van der Waals surface area contributed by atoms with Crippen molar-refractivity contribution in [1.29, 1.82) is 0 Å². The van der Waals surface area contributed by atoms with Gasteiger partial charge in [-0.3, -0.25) is 0 Å². The average molecular weight is 328 g/mol. The lowest BCUT2D eigenvalue weighted by Gasteiger charge is -2.20. The maximum Gasteiger partial charge on any atom is 0.398 e. The molecule has 2 N–H and O–H groups in total. The van der Waals surface area contributed by atoms with E-state index in [1.165, 1.54) is 0 Å². The van der Waals surface area contributed by atoms with Crippen LogP contribution in [0, 0.1) is 0 Å². The lowest BCUT2D eigenvalue weighted by Crippen LogP contribution is -2.28. The van der Waals surface area contributed by atoms with Crippen molar-refractivity contribution in [1.82, 2.24) is 4.98 Å². The Balaban J connectivity index is 1.75. The van der Waals surface area contributed by atoms with Crippen LogP contribution in [-0.2, 0) is 5.41 Å². The SMILES string of the molecule is Nc1nc2ccccc2cc1-c1ccc(C2(C(F)(F)F)CC2)cc1. The molecule has 2 aromatic carbocycles. The Morgan fingerprint density at radius 1 is 0.958 bits per heavy atom. The molecule has 0 amide bonds. The minimum atomic E-state index is -4.20. The van der Waals surface area contributed by atoms with E-state index >= 15 is 0 Å². The summed E-state index contributed by atoms with van der Waals surface area (Å²) in [6.45, 7) is 0. The third kappa shape index (κ3) is 2.23. The van der Waals surface area contributed by atoms with E-state index in [-0.39, 0.29) is 12.8 Å². The van der Waals surface area contributed by atoms with Crippen molar-refractivity contribution >= 4 is 16.7 Å². The smallest absolute Gasteiger partial charge is 0.383 e. The van der Waals surface area contributed by atoms with Gasteiger partial charge in [-0.15, -0.1) is 0 Å². The first-order valence-electron chi connectivity index (χ1n) is 7.74. The van der Waals surface area contributed by atoms with Crippen LogP contribution in [0.3, 0.4) is 0 Å². The number of alkyl halides is 3. The number of nitrogens with zero attached hydrogens (tertiary/aromatic N) is 1. The molecule has 122 valence electrons. The molecule has 1 heterocycles. The monoisotopic (exact) mass is 328 g/mol. The Bertz CT molecular complexity index is 910. The van der Waals surface area contributed by atoms with Gasteiger partial charge in [0.05, 0.1) is 10.9 Å². The van der Waals surface area contributed by atoms with Gasteiger partial charge in [0.25, 0.3) is 0 Å². The van der Waals surface area contributed by atoms with Crippen LogP contribution in [0.15, 0.2) is 54.6 Å². The molecule has 0 aliphatic heterocycles. The number of nitrogens with two attached hydrogens (primary N) is 1. The Morgan fingerprint density at radius 3 is 2.25 bits per heavy atom. The molecule has 24 heavy (non-hydrogen) atoms. The van der Waals surface area contributed by atoms with Gasteiger partial charge < -0.3 is 5.73 Å². The normalized spacial score (nSPS) is 16.3. The summed E-state index contributed by atoms with van der Waals surface area (Å²) >= 11 is 0. The molecule has 1 aromatic heterocycles. The van der Waals surface area contributed by atoms with E-state index in [9.17, 15) is 13.2 Å². The van der Waals surface area contributed by atoms with Crippen molar-refractivity contribution in [3.8, 4) is 11.1 Å². The summed E-state index contributed by atoms with van der Waals surface area (Å²) in [5, 5.41) is 0.944. The number of halogens is 3. The predicted molar refractivity (Wildman–Crippen MR) is 88.6 cm³/mol. The summed E-state index contributed by atoms with van der Waals surface area (Å²) < 4.78 is 39.6. The molecule has 1 saturated carbocycles. The summed E-state index contributed by atoms with van der Waals surface area (Å²) in [5.74, 6) is 0.374. The Labute approximate surface area is 137 Å². The molecule has 1 fully saturated rings. The standard InChI is InChI=1S/C19H15F3N2/c20-19(21,22)18(9-10-18)14-7-5-12(6-8-14)15-11-13-3-1-2-4-16(13)24-17(15)23/h1-8,11H,9-10H2,(H2,23,24). The molecule has 4 rings (SSSR count). The molecular weight excluding hydrogens is 313 g/mol. The van der Waals surface area contributed by atoms with Crippen LogP contribution in [-0.4, -0.2) is 11.2 Å². The molecule has 0 unspecified atom stereocenters. The number of hydrogen-bond donors (Lipinski definition) is 1. The summed E-state index contributed by atoms with van der Waals surface area (Å²) in [6, 6.07) is 16.0. The van der Waals surface area contributed by atoms with Gasteiger partial charge in [0, 0.05) is 10.9 Å². The zero-order valence-electron chi connectivity index (χ0n) is 12.8. The Hall–Kier alpha value is -2.56. The number of fused-ring (bicyclic) bond motifs is 1. The fourth-order valence-electron chi connectivity index (χ4n) is 3.19. The minimum Gasteiger partial charge on any atom is -0.383 e. The van der Waals surface area contributed by atoms with Crippen molar-refractivity contribution in [2.45, 2.75) is 24.4 Å². The van der Waals surface area contributed by atoms with Crippen LogP contribution in [0.4, 0.5) is 19.0 Å². The summed E-state index contributed by atoms with van der Waals surface area (Å²) in [7, 11) is 0. The lowest BCUT2D eigenvalue weighted by molar-refractivity contribution is -0.160. The highest BCUT2D eigenvalue weighted by Crippen LogP contribution is 2.58. The zero-order valence-corrected chi connectivity index (χ0v) is 12.8. The maximum atomic E-state index is 13.2. The van der Waals surface area contributed by atoms with E-state index in [1.807, 2.05) is 30.3 Å². The van der Waals surface area contributed by atoms with Crippen LogP contribution >= 0.6 is 0 Å². The third-order valence-corrected chi connectivity index (χ3v) is 4.79. The highest BCUT2D eigenvalue weighted by molar-refractivity contribution is 5.88. The second-order valence-corrected chi connectivity index (χ2v) is 6.27. The highest BCUT2D eigenvalue weighted by atomic mass is 19.4. The van der Waals surface area contributed by atoms with Gasteiger partial charge in [-0.2, -0.15) is 13.2 Å². The third-order valence-electron chi connectivity index (χ3n) is 4.79. The molecule has 0 bridgehead atoms. The van der Waals surface area contributed by atoms with Gasteiger partial charge in [0.2, 0.25) is 0 Å². The van der Waals surface area contributed by atoms with Gasteiger partial charge in [0.1, 0.15) is 5.82 Å². The largest absolute Gasteiger partial charge is 0.398 e. The number of pyridine rings is 1. The van der Waals surface area contributed by atoms with Crippen molar-refractivity contribution in [2.75, 3.05) is 5.73 Å². The predicted octanol–water partition coefficient (Wildman–Crippen LogP) is 5.08. The fourth-order valence-corrected chi connectivity index (χ4v) is 3.19. The number of hydrogen-bond acceptors (Lipinski definition) is 2. The number of para-hydroxylation sites is 1. The van der Waals surface area contributed by atoms with Gasteiger partial charge in [-0.05, 0) is 36.1 Å². The van der Waals surface area contributed by atoms with Crippen LogP contribution in [0.5, 0.6) is 0 Å². The molecule has 0 spiro atoms. The van der Waals surface area contributed by atoms with Crippen LogP contribution < -0.4 is 5.73 Å². The summed E-state index contributed by atoms with van der Waals surface area (Å²) in [5.41, 5.74) is 7.00. The van der Waals surface area contributed by atoms with Crippen molar-refractivity contribution in [3.05, 3.63) is 60.2 Å². The van der Waals surface area contributed by atoms with Gasteiger partial charge in [-0.25, -0.2) is 4.98 Å². The molecule has 1 aliphatic rings. The van der Waals surface area contributed by atoms with Crippen LogP contribution in [0.2, 0.25) is 0 Å². The second-order valence-electron chi connectivity index (χ2n) is 6.27. The van der Waals surface area contributed by atoms with Crippen molar-refractivity contribution in [2.24, 2.45) is 0 Å². The van der Waals surface area contributed by atoms with E-state index < -0.39 is 11.6 Å². The van der Waals surface area contributed by atoms with E-state index in [1.54, 1.807) is 24.3 Å². The van der Waals surface area contributed by atoms with Crippen molar-refractivity contribution < 1.29 is 13.2 Å². The minimum absolute atomic E-state index is 0.162. The molecule has 1 aliphatic carbocycles. The van der Waals surface area contributed by atoms with Gasteiger partial charge in [-0.1, -0.05) is 42.5 Å². The Kier molecular flexibility index (Phi) is 3.10. The highest BCUT2D eigenvalue weighted by Gasteiger charge is 2.64. The topological polar surface area (TPSA) is 38.9 Å². The first-order valence-corrected chi connectivity index (χ1v) is 7.74. The van der Waals surface area contributed by atoms with E-state index in [0.29, 0.717) is 11.4 Å². The molecule has 2 nitrogen and oxygen atoms in total. The Morgan fingerprint density at radius 2 is 1.62 bits per heavy atom. The summed E-state index contributed by atoms with van der Waals surface area (Å²) in [4.78, 5) is 4.37. The molecule has 0 radical (unpaired) electrons.